The summed E-state index contributed by atoms with van der Waals surface area (Å²) in [4.78, 5) is 40.8. The van der Waals surface area contributed by atoms with Crippen LogP contribution in [0.5, 0.6) is 0 Å². The minimum atomic E-state index is -4.44. The highest BCUT2D eigenvalue weighted by Gasteiger charge is 2.61. The second-order valence-corrected chi connectivity index (χ2v) is 13.6. The van der Waals surface area contributed by atoms with Gasteiger partial charge in [0.25, 0.3) is 5.56 Å². The number of aromatic nitrogens is 9. The van der Waals surface area contributed by atoms with E-state index in [9.17, 15) is 19.9 Å². The maximum atomic E-state index is 15.4. The van der Waals surface area contributed by atoms with Crippen molar-refractivity contribution in [3.63, 3.8) is 0 Å². The molecule has 43 heavy (non-hydrogen) atoms. The quantitative estimate of drug-likeness (QED) is 0.123. The first-order chi connectivity index (χ1) is 20.3. The number of rotatable bonds is 8. The standard InChI is InChI=1S/C19H21F3N11O7PS2/c20-7-6(1-34)43-16(32-4-27-9-14(32)28-18(24)29-15(9)36)10(7)40-41(37,42)38-2-5-11(35)19(21,22)17(39-5)33-13-8(30-31-33)12(23)25-3-26-13/h3-7,10-11,16-17,34-35H,1-2H2,(H,37,42)(H2,23,25,26)(H3,24,28,29,36)/t5-,6-,7+,10-,11-,16-,17?,41?/m1/s1. The maximum absolute atomic E-state index is 15.4. The number of ether oxygens (including phenoxy) is 1. The molecular weight excluding hydrogens is 646 g/mol. The van der Waals surface area contributed by atoms with Gasteiger partial charge in [0.2, 0.25) is 12.2 Å². The lowest BCUT2D eigenvalue weighted by atomic mass is 10.1. The molecule has 0 radical (unpaired) electrons. The van der Waals surface area contributed by atoms with Gasteiger partial charge in [0, 0.05) is 0 Å². The summed E-state index contributed by atoms with van der Waals surface area (Å²) in [6.45, 7) is -5.98. The second-order valence-electron chi connectivity index (χ2n) is 9.41. The Bertz CT molecular complexity index is 1800. The van der Waals surface area contributed by atoms with Gasteiger partial charge in [0.15, 0.2) is 34.2 Å². The number of nitrogens with two attached hydrogens (primary N) is 2. The first-order valence-corrected chi connectivity index (χ1v) is 15.7. The number of aliphatic hydroxyl groups is 2. The summed E-state index contributed by atoms with van der Waals surface area (Å²) in [7, 11) is 0. The number of nitrogens with zero attached hydrogens (tertiary/aromatic N) is 8. The van der Waals surface area contributed by atoms with Crippen LogP contribution in [0.15, 0.2) is 17.4 Å². The van der Waals surface area contributed by atoms with Crippen LogP contribution < -0.4 is 17.0 Å². The first kappa shape index (κ1) is 30.0. The third-order valence-electron chi connectivity index (χ3n) is 6.72. The zero-order valence-corrected chi connectivity index (χ0v) is 23.7. The summed E-state index contributed by atoms with van der Waals surface area (Å²) in [5.41, 5.74) is 10.2. The zero-order chi connectivity index (χ0) is 30.8. The number of hydrogen-bond donors (Lipinski definition) is 6. The number of imidazole rings is 1. The molecule has 24 heteroatoms. The number of H-pyrrole nitrogens is 1. The van der Waals surface area contributed by atoms with Crippen molar-refractivity contribution in [2.45, 2.75) is 47.3 Å². The van der Waals surface area contributed by atoms with Gasteiger partial charge < -0.3 is 35.8 Å². The molecule has 6 rings (SSSR count). The van der Waals surface area contributed by atoms with Crippen molar-refractivity contribution >= 4 is 64.4 Å². The molecule has 8 atom stereocenters. The van der Waals surface area contributed by atoms with Gasteiger partial charge in [-0.1, -0.05) is 5.21 Å². The number of halogens is 3. The molecule has 2 aliphatic rings. The maximum Gasteiger partial charge on any atom is 0.325 e. The van der Waals surface area contributed by atoms with E-state index < -0.39 is 72.7 Å². The summed E-state index contributed by atoms with van der Waals surface area (Å²) in [6, 6.07) is 0. The monoisotopic (exact) mass is 667 g/mol. The molecule has 2 unspecified atom stereocenters. The van der Waals surface area contributed by atoms with Crippen LogP contribution in [0.3, 0.4) is 0 Å². The molecule has 2 saturated heterocycles. The summed E-state index contributed by atoms with van der Waals surface area (Å²) >= 11 is 5.91. The Labute approximate surface area is 245 Å². The smallest absolute Gasteiger partial charge is 0.325 e. The number of aliphatic hydroxyl groups excluding tert-OH is 2. The van der Waals surface area contributed by atoms with Crippen molar-refractivity contribution in [2.24, 2.45) is 0 Å². The topological polar surface area (TPSA) is 260 Å². The third kappa shape index (κ3) is 5.13. The van der Waals surface area contributed by atoms with Crippen LogP contribution in [0, 0.1) is 0 Å². The zero-order valence-electron chi connectivity index (χ0n) is 21.2. The predicted octanol–water partition coefficient (Wildman–Crippen LogP) is -1.02. The Morgan fingerprint density at radius 2 is 2.02 bits per heavy atom. The highest BCUT2D eigenvalue weighted by Crippen LogP contribution is 2.55. The van der Waals surface area contributed by atoms with E-state index in [1.165, 1.54) is 10.9 Å². The molecule has 4 aromatic heterocycles. The molecule has 0 aliphatic carbocycles. The number of anilines is 2. The molecule has 6 heterocycles. The lowest BCUT2D eigenvalue weighted by molar-refractivity contribution is -0.142. The number of aromatic amines is 1. The fourth-order valence-corrected chi connectivity index (χ4v) is 7.57. The number of fused-ring (bicyclic) bond motifs is 2. The normalized spacial score (nSPS) is 30.3. The average Bonchev–Trinajstić information content (AvgIpc) is 3.68. The molecule has 2 fully saturated rings. The van der Waals surface area contributed by atoms with Crippen molar-refractivity contribution < 1.29 is 42.1 Å². The molecule has 2 aliphatic heterocycles. The van der Waals surface area contributed by atoms with E-state index in [0.717, 1.165) is 18.1 Å². The van der Waals surface area contributed by atoms with Gasteiger partial charge >= 0.3 is 12.6 Å². The molecule has 0 spiro atoms. The highest BCUT2D eigenvalue weighted by atomic mass is 32.5. The first-order valence-electron chi connectivity index (χ1n) is 12.1. The van der Waals surface area contributed by atoms with E-state index in [0.29, 0.717) is 4.68 Å². The lowest BCUT2D eigenvalue weighted by Crippen LogP contribution is -2.40. The van der Waals surface area contributed by atoms with Crippen LogP contribution >= 0.6 is 18.5 Å². The van der Waals surface area contributed by atoms with Crippen LogP contribution in [-0.2, 0) is 25.6 Å². The summed E-state index contributed by atoms with van der Waals surface area (Å²) in [5, 5.41) is 25.2. The number of hydrogen-bond acceptors (Lipinski definition) is 16. The van der Waals surface area contributed by atoms with Crippen LogP contribution in [-0.4, -0.2) is 108 Å². The Morgan fingerprint density at radius 3 is 2.77 bits per heavy atom. The van der Waals surface area contributed by atoms with Gasteiger partial charge in [-0.25, -0.2) is 19.3 Å². The van der Waals surface area contributed by atoms with Crippen LogP contribution in [0.1, 0.15) is 11.6 Å². The van der Waals surface area contributed by atoms with E-state index >= 15 is 13.2 Å². The fraction of sp³-hybridized carbons (Fsp3) is 0.526. The number of nitrogens with one attached hydrogen (secondary N) is 1. The number of nitrogen functional groups attached to an aromatic ring is 2. The van der Waals surface area contributed by atoms with E-state index in [4.69, 9.17) is 37.1 Å². The highest BCUT2D eigenvalue weighted by molar-refractivity contribution is 8.07. The molecule has 4 aromatic rings. The molecule has 18 nitrogen and oxygen atoms in total. The fourth-order valence-electron chi connectivity index (χ4n) is 4.67. The molecule has 0 amide bonds. The molecular formula is C19H21F3N11O7PS2. The van der Waals surface area contributed by atoms with Crippen molar-refractivity contribution in [1.29, 1.82) is 0 Å². The summed E-state index contributed by atoms with van der Waals surface area (Å²) in [6.07, 6.45) is -7.79. The van der Waals surface area contributed by atoms with Crippen molar-refractivity contribution in [1.82, 2.24) is 44.5 Å². The molecule has 0 aromatic carbocycles. The molecule has 232 valence electrons. The third-order valence-corrected chi connectivity index (χ3v) is 9.81. The van der Waals surface area contributed by atoms with Crippen LogP contribution in [0.2, 0.25) is 0 Å². The Kier molecular flexibility index (Phi) is 7.58. The SMILES string of the molecule is Nc1nc2c(ncn2[C@@H]2S[C@H](CO)[C@H](F)[C@H]2OP(O)(=S)OC[C@H]2OC(n3nnc4c(N)ncnc43)C(F)(F)[C@@H]2O)c(=O)[nH]1. The predicted molar refractivity (Wildman–Crippen MR) is 145 cm³/mol. The van der Waals surface area contributed by atoms with Crippen LogP contribution in [0.25, 0.3) is 22.3 Å². The van der Waals surface area contributed by atoms with Crippen LogP contribution in [0.4, 0.5) is 24.9 Å². The molecule has 8 N–H and O–H groups in total. The summed E-state index contributed by atoms with van der Waals surface area (Å²) < 4.78 is 63.5. The van der Waals surface area contributed by atoms with E-state index in [2.05, 4.69) is 35.2 Å². The Morgan fingerprint density at radius 1 is 1.26 bits per heavy atom. The minimum absolute atomic E-state index is 0.0336. The molecule has 0 saturated carbocycles. The van der Waals surface area contributed by atoms with Gasteiger partial charge in [-0.3, -0.25) is 18.9 Å². The van der Waals surface area contributed by atoms with E-state index in [1.807, 2.05) is 0 Å². The summed E-state index contributed by atoms with van der Waals surface area (Å²) in [5.74, 6) is -4.32. The van der Waals surface area contributed by atoms with E-state index in [1.54, 1.807) is 0 Å². The second kappa shape index (κ2) is 10.9. The molecule has 0 bridgehead atoms. The van der Waals surface area contributed by atoms with Crippen molar-refractivity contribution in [2.75, 3.05) is 24.7 Å². The van der Waals surface area contributed by atoms with Gasteiger partial charge in [0.1, 0.15) is 30.1 Å². The largest absolute Gasteiger partial charge is 0.395 e. The van der Waals surface area contributed by atoms with Gasteiger partial charge in [0.05, 0.1) is 24.8 Å². The Hall–Kier alpha value is -3.02. The van der Waals surface area contributed by atoms with E-state index in [-0.39, 0.29) is 34.1 Å². The minimum Gasteiger partial charge on any atom is -0.395 e. The average molecular weight is 668 g/mol. The Balaban J connectivity index is 1.21. The van der Waals surface area contributed by atoms with Gasteiger partial charge in [-0.05, 0) is 11.8 Å². The number of alkyl halides is 3. The van der Waals surface area contributed by atoms with Gasteiger partial charge in [-0.2, -0.15) is 18.4 Å². The number of thioether (sulfide) groups is 1. The van der Waals surface area contributed by atoms with Crippen molar-refractivity contribution in [3.05, 3.63) is 23.0 Å². The van der Waals surface area contributed by atoms with Crippen molar-refractivity contribution in [3.8, 4) is 0 Å². The van der Waals surface area contributed by atoms with Gasteiger partial charge in [-0.15, -0.1) is 16.9 Å². The lowest BCUT2D eigenvalue weighted by Gasteiger charge is -2.27.